The Morgan fingerprint density at radius 2 is 1.74 bits per heavy atom. The van der Waals surface area contributed by atoms with E-state index >= 15 is 0 Å². The molecule has 0 aliphatic carbocycles. The molecule has 0 radical (unpaired) electrons. The van der Waals surface area contributed by atoms with E-state index in [0.717, 1.165) is 21.9 Å². The van der Waals surface area contributed by atoms with E-state index in [1.54, 1.807) is 26.7 Å². The summed E-state index contributed by atoms with van der Waals surface area (Å²) < 4.78 is 15.9. The molecular weight excluding hydrogens is 414 g/mol. The van der Waals surface area contributed by atoms with E-state index in [2.05, 4.69) is 15.2 Å². The molecule has 164 valence electrons. The van der Waals surface area contributed by atoms with Crippen LogP contribution in [0.3, 0.4) is 0 Å². The van der Waals surface area contributed by atoms with Crippen LogP contribution in [0.1, 0.15) is 22.1 Å². The monoisotopic (exact) mass is 441 g/mol. The number of ether oxygens (including phenoxy) is 3. The van der Waals surface area contributed by atoms with Gasteiger partial charge in [-0.1, -0.05) is 12.1 Å². The number of rotatable bonds is 9. The van der Waals surface area contributed by atoms with Crippen LogP contribution in [-0.2, 0) is 0 Å². The fraction of sp³-hybridized carbons (Fsp3) is 0.304. The minimum atomic E-state index is -0.205. The second-order valence-electron chi connectivity index (χ2n) is 7.07. The van der Waals surface area contributed by atoms with Crippen molar-refractivity contribution in [2.45, 2.75) is 6.04 Å². The summed E-state index contributed by atoms with van der Waals surface area (Å²) in [5.41, 5.74) is 2.35. The number of thiazole rings is 1. The maximum atomic E-state index is 12.7. The Balaban J connectivity index is 1.70. The highest BCUT2D eigenvalue weighted by atomic mass is 32.1. The van der Waals surface area contributed by atoms with Crippen LogP contribution in [-0.4, -0.2) is 57.8 Å². The van der Waals surface area contributed by atoms with Crippen molar-refractivity contribution in [2.75, 3.05) is 42.0 Å². The van der Waals surface area contributed by atoms with Gasteiger partial charge in [-0.25, -0.2) is 4.98 Å². The minimum absolute atomic E-state index is 0.0267. The first-order chi connectivity index (χ1) is 15.0. The molecule has 0 aliphatic heterocycles. The molecule has 1 N–H and O–H groups in total. The molecule has 3 aromatic rings. The number of carbonyl (C=O) groups excluding carboxylic acids is 1. The summed E-state index contributed by atoms with van der Waals surface area (Å²) in [6.45, 7) is 0.460. The van der Waals surface area contributed by atoms with Crippen LogP contribution in [0, 0.1) is 0 Å². The Kier molecular flexibility index (Phi) is 7.49. The van der Waals surface area contributed by atoms with Crippen LogP contribution >= 0.6 is 11.3 Å². The molecule has 8 heteroatoms. The molecule has 1 amide bonds. The fourth-order valence-corrected chi connectivity index (χ4v) is 3.98. The van der Waals surface area contributed by atoms with Crippen molar-refractivity contribution < 1.29 is 19.0 Å². The number of methoxy groups -OCH3 is 3. The molecule has 1 atom stereocenters. The van der Waals surface area contributed by atoms with E-state index in [-0.39, 0.29) is 11.9 Å². The van der Waals surface area contributed by atoms with Crippen LogP contribution in [0.2, 0.25) is 0 Å². The summed E-state index contributed by atoms with van der Waals surface area (Å²) in [7, 11) is 8.80. The first kappa shape index (κ1) is 22.6. The summed E-state index contributed by atoms with van der Waals surface area (Å²) in [5.74, 6) is 1.86. The molecule has 0 saturated carbocycles. The van der Waals surface area contributed by atoms with Crippen molar-refractivity contribution in [3.8, 4) is 27.8 Å². The van der Waals surface area contributed by atoms with Gasteiger partial charge >= 0.3 is 0 Å². The normalized spacial score (nSPS) is 11.8. The molecule has 3 rings (SSSR count). The molecule has 0 bridgehead atoms. The Bertz CT molecular complexity index is 1020. The second-order valence-corrected chi connectivity index (χ2v) is 7.93. The third kappa shape index (κ3) is 5.34. The van der Waals surface area contributed by atoms with Gasteiger partial charge in [0, 0.05) is 17.5 Å². The third-order valence-electron chi connectivity index (χ3n) is 4.95. The standard InChI is InChI=1S/C23H27N3O4S/c1-26(2)19(15-6-9-17(28-3)10-7-15)13-24-22(27)18-14-31-23(25-18)16-8-11-20(29-4)21(12-16)30-5/h6-12,14,19H,13H2,1-5H3,(H,24,27)/t19-/m1/s1. The van der Waals surface area contributed by atoms with Crippen LogP contribution in [0.25, 0.3) is 10.6 Å². The van der Waals surface area contributed by atoms with Gasteiger partial charge in [0.05, 0.1) is 27.4 Å². The van der Waals surface area contributed by atoms with Crippen molar-refractivity contribution >= 4 is 17.2 Å². The molecular formula is C23H27N3O4S. The molecule has 7 nitrogen and oxygen atoms in total. The van der Waals surface area contributed by atoms with Crippen molar-refractivity contribution in [3.05, 3.63) is 59.1 Å². The predicted octanol–water partition coefficient (Wildman–Crippen LogP) is 3.87. The first-order valence-corrected chi connectivity index (χ1v) is 10.6. The summed E-state index contributed by atoms with van der Waals surface area (Å²) >= 11 is 1.41. The Morgan fingerprint density at radius 1 is 1.03 bits per heavy atom. The topological polar surface area (TPSA) is 72.9 Å². The summed E-state index contributed by atoms with van der Waals surface area (Å²) in [4.78, 5) is 19.3. The largest absolute Gasteiger partial charge is 0.497 e. The summed E-state index contributed by atoms with van der Waals surface area (Å²) in [6.07, 6.45) is 0. The molecule has 2 aromatic carbocycles. The molecule has 0 fully saturated rings. The average molecular weight is 442 g/mol. The number of benzene rings is 2. The van der Waals surface area contributed by atoms with Gasteiger partial charge < -0.3 is 24.4 Å². The van der Waals surface area contributed by atoms with Crippen LogP contribution < -0.4 is 19.5 Å². The Hall–Kier alpha value is -3.10. The fourth-order valence-electron chi connectivity index (χ4n) is 3.18. The number of amides is 1. The zero-order valence-electron chi connectivity index (χ0n) is 18.3. The molecule has 0 saturated heterocycles. The molecule has 0 spiro atoms. The SMILES string of the molecule is COc1ccc([C@@H](CNC(=O)c2csc(-c3ccc(OC)c(OC)c3)n2)N(C)C)cc1. The minimum Gasteiger partial charge on any atom is -0.497 e. The molecule has 1 heterocycles. The molecule has 0 aliphatic rings. The van der Waals surface area contributed by atoms with Crippen molar-refractivity contribution in [1.29, 1.82) is 0 Å². The second kappa shape index (κ2) is 10.3. The highest BCUT2D eigenvalue weighted by Crippen LogP contribution is 2.33. The summed E-state index contributed by atoms with van der Waals surface area (Å²) in [6, 6.07) is 13.5. The molecule has 0 unspecified atom stereocenters. The van der Waals surface area contributed by atoms with Crippen molar-refractivity contribution in [3.63, 3.8) is 0 Å². The average Bonchev–Trinajstić information content (AvgIpc) is 3.29. The van der Waals surface area contributed by atoms with Gasteiger partial charge in [-0.3, -0.25) is 4.79 Å². The van der Waals surface area contributed by atoms with E-state index in [4.69, 9.17) is 14.2 Å². The lowest BCUT2D eigenvalue weighted by molar-refractivity contribution is 0.0937. The van der Waals surface area contributed by atoms with Gasteiger partial charge in [0.25, 0.3) is 5.91 Å². The third-order valence-corrected chi connectivity index (χ3v) is 5.84. The number of likely N-dealkylation sites (N-methyl/N-ethyl adjacent to an activating group) is 1. The number of nitrogens with zero attached hydrogens (tertiary/aromatic N) is 2. The highest BCUT2D eigenvalue weighted by Gasteiger charge is 2.18. The van der Waals surface area contributed by atoms with Crippen LogP contribution in [0.4, 0.5) is 0 Å². The lowest BCUT2D eigenvalue weighted by Gasteiger charge is -2.25. The van der Waals surface area contributed by atoms with Gasteiger partial charge in [0.15, 0.2) is 11.5 Å². The number of hydrogen-bond donors (Lipinski definition) is 1. The van der Waals surface area contributed by atoms with E-state index in [0.29, 0.717) is 23.7 Å². The number of nitrogens with one attached hydrogen (secondary N) is 1. The highest BCUT2D eigenvalue weighted by molar-refractivity contribution is 7.13. The van der Waals surface area contributed by atoms with Gasteiger partial charge in [-0.2, -0.15) is 0 Å². The van der Waals surface area contributed by atoms with Crippen molar-refractivity contribution in [1.82, 2.24) is 15.2 Å². The zero-order chi connectivity index (χ0) is 22.4. The van der Waals surface area contributed by atoms with E-state index in [1.807, 2.05) is 56.6 Å². The maximum Gasteiger partial charge on any atom is 0.270 e. The number of aromatic nitrogens is 1. The van der Waals surface area contributed by atoms with Crippen molar-refractivity contribution in [2.24, 2.45) is 0 Å². The van der Waals surface area contributed by atoms with Gasteiger partial charge in [-0.15, -0.1) is 11.3 Å². The van der Waals surface area contributed by atoms with E-state index in [1.165, 1.54) is 11.3 Å². The van der Waals surface area contributed by atoms with Gasteiger partial charge in [-0.05, 0) is 50.0 Å². The predicted molar refractivity (Wildman–Crippen MR) is 122 cm³/mol. The van der Waals surface area contributed by atoms with Gasteiger partial charge in [0.1, 0.15) is 16.5 Å². The molecule has 31 heavy (non-hydrogen) atoms. The van der Waals surface area contributed by atoms with Crippen LogP contribution in [0.15, 0.2) is 47.8 Å². The maximum absolute atomic E-state index is 12.7. The smallest absolute Gasteiger partial charge is 0.270 e. The van der Waals surface area contributed by atoms with Crippen LogP contribution in [0.5, 0.6) is 17.2 Å². The van der Waals surface area contributed by atoms with E-state index < -0.39 is 0 Å². The number of hydrogen-bond acceptors (Lipinski definition) is 7. The first-order valence-electron chi connectivity index (χ1n) is 9.73. The quantitative estimate of drug-likeness (QED) is 0.544. The Labute approximate surface area is 186 Å². The lowest BCUT2D eigenvalue weighted by atomic mass is 10.1. The van der Waals surface area contributed by atoms with Gasteiger partial charge in [0.2, 0.25) is 0 Å². The molecule has 1 aromatic heterocycles. The Morgan fingerprint density at radius 3 is 2.35 bits per heavy atom. The number of carbonyl (C=O) groups is 1. The van der Waals surface area contributed by atoms with E-state index in [9.17, 15) is 4.79 Å². The summed E-state index contributed by atoms with van der Waals surface area (Å²) in [5, 5.41) is 5.51. The lowest BCUT2D eigenvalue weighted by Crippen LogP contribution is -2.34. The zero-order valence-corrected chi connectivity index (χ0v) is 19.2.